The monoisotopic (exact) mass is 397 g/mol. The first-order valence-corrected chi connectivity index (χ1v) is 10.3. The standard InChI is InChI=1S/C19H27N3O2S.ClH/c1-14-12-16(19(24)22-8-10-25-11-9-22)3-4-17(14)21-18(23)5-2-15-6-7-20-13-15;/h3-4,12,15,20H,2,5-11,13H2,1H3,(H,21,23);1H. The van der Waals surface area contributed by atoms with Crippen molar-refractivity contribution >= 4 is 41.7 Å². The predicted octanol–water partition coefficient (Wildman–Crippen LogP) is 2.93. The Labute approximate surface area is 166 Å². The highest BCUT2D eigenvalue weighted by Gasteiger charge is 2.19. The first-order chi connectivity index (χ1) is 12.1. The number of thioether (sulfide) groups is 1. The summed E-state index contributed by atoms with van der Waals surface area (Å²) in [6.07, 6.45) is 2.65. The molecule has 3 rings (SSSR count). The number of amides is 2. The molecule has 0 aliphatic carbocycles. The molecule has 0 saturated carbocycles. The second-order valence-corrected chi connectivity index (χ2v) is 8.10. The number of aryl methyl sites for hydroxylation is 1. The van der Waals surface area contributed by atoms with Crippen molar-refractivity contribution in [3.63, 3.8) is 0 Å². The molecule has 2 amide bonds. The lowest BCUT2D eigenvalue weighted by Crippen LogP contribution is -2.37. The molecule has 26 heavy (non-hydrogen) atoms. The zero-order valence-electron chi connectivity index (χ0n) is 15.3. The van der Waals surface area contributed by atoms with Gasteiger partial charge in [0.05, 0.1) is 0 Å². The zero-order chi connectivity index (χ0) is 17.6. The summed E-state index contributed by atoms with van der Waals surface area (Å²) in [5, 5.41) is 6.32. The SMILES string of the molecule is Cc1cc(C(=O)N2CCSCC2)ccc1NC(=O)CCC1CCNC1.Cl. The van der Waals surface area contributed by atoms with E-state index >= 15 is 0 Å². The molecule has 2 N–H and O–H groups in total. The van der Waals surface area contributed by atoms with Gasteiger partial charge in [0.2, 0.25) is 5.91 Å². The van der Waals surface area contributed by atoms with Gasteiger partial charge < -0.3 is 15.5 Å². The van der Waals surface area contributed by atoms with Gasteiger partial charge in [-0.3, -0.25) is 9.59 Å². The highest BCUT2D eigenvalue weighted by Crippen LogP contribution is 2.20. The topological polar surface area (TPSA) is 61.4 Å². The van der Waals surface area contributed by atoms with E-state index in [-0.39, 0.29) is 24.2 Å². The van der Waals surface area contributed by atoms with Crippen molar-refractivity contribution in [3.8, 4) is 0 Å². The Hall–Kier alpha value is -1.24. The maximum absolute atomic E-state index is 12.6. The molecule has 5 nitrogen and oxygen atoms in total. The summed E-state index contributed by atoms with van der Waals surface area (Å²) in [7, 11) is 0. The average molecular weight is 398 g/mol. The molecule has 0 bridgehead atoms. The Morgan fingerprint density at radius 3 is 2.73 bits per heavy atom. The quantitative estimate of drug-likeness (QED) is 0.801. The summed E-state index contributed by atoms with van der Waals surface area (Å²) in [5.74, 6) is 2.79. The molecule has 144 valence electrons. The predicted molar refractivity (Wildman–Crippen MR) is 110 cm³/mol. The lowest BCUT2D eigenvalue weighted by molar-refractivity contribution is -0.116. The molecule has 2 aliphatic heterocycles. The van der Waals surface area contributed by atoms with Gasteiger partial charge in [0.25, 0.3) is 5.91 Å². The van der Waals surface area contributed by atoms with Gasteiger partial charge in [0.1, 0.15) is 0 Å². The van der Waals surface area contributed by atoms with Gasteiger partial charge in [0, 0.05) is 42.3 Å². The van der Waals surface area contributed by atoms with Crippen molar-refractivity contribution in [1.82, 2.24) is 10.2 Å². The Morgan fingerprint density at radius 2 is 2.08 bits per heavy atom. The van der Waals surface area contributed by atoms with Crippen LogP contribution in [0.25, 0.3) is 0 Å². The molecule has 1 aromatic carbocycles. The van der Waals surface area contributed by atoms with Gasteiger partial charge in [0.15, 0.2) is 0 Å². The Morgan fingerprint density at radius 1 is 1.31 bits per heavy atom. The number of nitrogens with zero attached hydrogens (tertiary/aromatic N) is 1. The fourth-order valence-corrected chi connectivity index (χ4v) is 4.30. The summed E-state index contributed by atoms with van der Waals surface area (Å²) >= 11 is 1.89. The lowest BCUT2D eigenvalue weighted by atomic mass is 10.0. The molecule has 0 radical (unpaired) electrons. The van der Waals surface area contributed by atoms with E-state index in [1.54, 1.807) is 0 Å². The minimum atomic E-state index is 0. The van der Waals surface area contributed by atoms with Crippen LogP contribution >= 0.6 is 24.2 Å². The van der Waals surface area contributed by atoms with E-state index in [0.717, 1.165) is 61.8 Å². The molecule has 1 unspecified atom stereocenters. The molecule has 1 atom stereocenters. The third-order valence-corrected chi connectivity index (χ3v) is 5.93. The molecular weight excluding hydrogens is 370 g/mol. The third kappa shape index (κ3) is 5.63. The fourth-order valence-electron chi connectivity index (χ4n) is 3.39. The van der Waals surface area contributed by atoms with E-state index in [1.165, 1.54) is 0 Å². The summed E-state index contributed by atoms with van der Waals surface area (Å²) in [5.41, 5.74) is 2.45. The number of halogens is 1. The Bertz CT molecular complexity index is 629. The van der Waals surface area contributed by atoms with Crippen LogP contribution in [-0.4, -0.2) is 54.4 Å². The molecule has 0 spiro atoms. The van der Waals surface area contributed by atoms with Crippen molar-refractivity contribution in [1.29, 1.82) is 0 Å². The summed E-state index contributed by atoms with van der Waals surface area (Å²) < 4.78 is 0. The summed E-state index contributed by atoms with van der Waals surface area (Å²) in [6, 6.07) is 5.57. The van der Waals surface area contributed by atoms with Crippen LogP contribution in [0.15, 0.2) is 18.2 Å². The molecule has 2 heterocycles. The van der Waals surface area contributed by atoms with E-state index < -0.39 is 0 Å². The second kappa shape index (κ2) is 10.2. The number of carbonyl (C=O) groups is 2. The van der Waals surface area contributed by atoms with Gasteiger partial charge in [-0.05, 0) is 62.5 Å². The minimum Gasteiger partial charge on any atom is -0.337 e. The van der Waals surface area contributed by atoms with Crippen molar-refractivity contribution in [2.75, 3.05) is 43.0 Å². The first-order valence-electron chi connectivity index (χ1n) is 9.12. The average Bonchev–Trinajstić information content (AvgIpc) is 3.15. The van der Waals surface area contributed by atoms with Crippen LogP contribution in [-0.2, 0) is 4.79 Å². The number of anilines is 1. The number of hydrogen-bond donors (Lipinski definition) is 2. The summed E-state index contributed by atoms with van der Waals surface area (Å²) in [4.78, 5) is 26.7. The molecule has 1 aromatic rings. The second-order valence-electron chi connectivity index (χ2n) is 6.88. The van der Waals surface area contributed by atoms with Crippen molar-refractivity contribution in [2.45, 2.75) is 26.2 Å². The van der Waals surface area contributed by atoms with Crippen LogP contribution in [0, 0.1) is 12.8 Å². The van der Waals surface area contributed by atoms with Crippen LogP contribution in [0.4, 0.5) is 5.69 Å². The molecule has 2 saturated heterocycles. The van der Waals surface area contributed by atoms with Gasteiger partial charge >= 0.3 is 0 Å². The molecule has 0 aromatic heterocycles. The van der Waals surface area contributed by atoms with Gasteiger partial charge in [-0.2, -0.15) is 11.8 Å². The van der Waals surface area contributed by atoms with E-state index in [0.29, 0.717) is 17.9 Å². The normalized spacial score (nSPS) is 19.7. The smallest absolute Gasteiger partial charge is 0.253 e. The van der Waals surface area contributed by atoms with Crippen molar-refractivity contribution in [3.05, 3.63) is 29.3 Å². The summed E-state index contributed by atoms with van der Waals surface area (Å²) in [6.45, 7) is 5.67. The van der Waals surface area contributed by atoms with Crippen molar-refractivity contribution in [2.24, 2.45) is 5.92 Å². The fraction of sp³-hybridized carbons (Fsp3) is 0.579. The number of benzene rings is 1. The van der Waals surface area contributed by atoms with Crippen LogP contribution in [0.5, 0.6) is 0 Å². The molecule has 2 aliphatic rings. The lowest BCUT2D eigenvalue weighted by Gasteiger charge is -2.26. The Balaban J connectivity index is 0.00000243. The van der Waals surface area contributed by atoms with Crippen LogP contribution in [0.1, 0.15) is 35.2 Å². The van der Waals surface area contributed by atoms with Gasteiger partial charge in [-0.1, -0.05) is 0 Å². The highest BCUT2D eigenvalue weighted by molar-refractivity contribution is 7.99. The highest BCUT2D eigenvalue weighted by atomic mass is 35.5. The van der Waals surface area contributed by atoms with E-state index in [2.05, 4.69) is 10.6 Å². The first kappa shape index (κ1) is 21.1. The number of nitrogens with one attached hydrogen (secondary N) is 2. The Kier molecular flexibility index (Phi) is 8.25. The van der Waals surface area contributed by atoms with E-state index in [4.69, 9.17) is 0 Å². The van der Waals surface area contributed by atoms with Crippen LogP contribution < -0.4 is 10.6 Å². The largest absolute Gasteiger partial charge is 0.337 e. The van der Waals surface area contributed by atoms with E-state index in [9.17, 15) is 9.59 Å². The van der Waals surface area contributed by atoms with Gasteiger partial charge in [-0.25, -0.2) is 0 Å². The molecule has 2 fully saturated rings. The van der Waals surface area contributed by atoms with Crippen LogP contribution in [0.3, 0.4) is 0 Å². The zero-order valence-corrected chi connectivity index (χ0v) is 16.9. The number of hydrogen-bond acceptors (Lipinski definition) is 4. The minimum absolute atomic E-state index is 0. The number of carbonyl (C=O) groups excluding carboxylic acids is 2. The maximum Gasteiger partial charge on any atom is 0.253 e. The van der Waals surface area contributed by atoms with Crippen molar-refractivity contribution < 1.29 is 9.59 Å². The third-order valence-electron chi connectivity index (χ3n) is 4.99. The molecule has 7 heteroatoms. The number of rotatable bonds is 5. The molecular formula is C19H28ClN3O2S. The van der Waals surface area contributed by atoms with E-state index in [1.807, 2.05) is 41.8 Å². The maximum atomic E-state index is 12.6. The van der Waals surface area contributed by atoms with Crippen LogP contribution in [0.2, 0.25) is 0 Å². The van der Waals surface area contributed by atoms with Gasteiger partial charge in [-0.15, -0.1) is 12.4 Å².